The number of hydrogen-bond acceptors (Lipinski definition) is 2. The van der Waals surface area contributed by atoms with E-state index in [2.05, 4.69) is 97.1 Å². The highest BCUT2D eigenvalue weighted by atomic mass is 16.5. The number of rotatable bonds is 2. The first kappa shape index (κ1) is 19.1. The van der Waals surface area contributed by atoms with Gasteiger partial charge in [0.25, 0.3) is 0 Å². The van der Waals surface area contributed by atoms with Gasteiger partial charge in [0.15, 0.2) is 0 Å². The van der Waals surface area contributed by atoms with Crippen LogP contribution >= 0.6 is 0 Å². The van der Waals surface area contributed by atoms with Gasteiger partial charge in [0, 0.05) is 23.4 Å². The zero-order chi connectivity index (χ0) is 22.5. The predicted molar refractivity (Wildman–Crippen MR) is 138 cm³/mol. The van der Waals surface area contributed by atoms with Crippen molar-refractivity contribution in [3.05, 3.63) is 149 Å². The topological polar surface area (TPSA) is 21.6 Å². The van der Waals surface area contributed by atoms with Gasteiger partial charge in [-0.2, -0.15) is 0 Å². The van der Waals surface area contributed by atoms with Crippen LogP contribution in [0.2, 0.25) is 0 Å². The highest BCUT2D eigenvalue weighted by molar-refractivity contribution is 5.89. The normalized spacial score (nSPS) is 14.2. The molecule has 1 spiro atoms. The van der Waals surface area contributed by atoms with E-state index in [1.54, 1.807) is 0 Å². The SMILES string of the molecule is C(=Nc1ccc2c(c1)Oc1ccccc1C21c2ccccc2-c2ccccc21)c1ccccc1. The van der Waals surface area contributed by atoms with E-state index in [9.17, 15) is 0 Å². The van der Waals surface area contributed by atoms with E-state index < -0.39 is 5.41 Å². The van der Waals surface area contributed by atoms with Gasteiger partial charge in [0.05, 0.1) is 11.1 Å². The maximum Gasteiger partial charge on any atom is 0.134 e. The fourth-order valence-corrected chi connectivity index (χ4v) is 5.62. The highest BCUT2D eigenvalue weighted by Gasteiger charge is 2.50. The highest BCUT2D eigenvalue weighted by Crippen LogP contribution is 2.62. The van der Waals surface area contributed by atoms with Gasteiger partial charge in [-0.25, -0.2) is 0 Å². The Bertz CT molecular complexity index is 1540. The van der Waals surface area contributed by atoms with Crippen molar-refractivity contribution in [1.29, 1.82) is 0 Å². The van der Waals surface area contributed by atoms with E-state index in [0.29, 0.717) is 0 Å². The van der Waals surface area contributed by atoms with Crippen LogP contribution in [-0.2, 0) is 5.41 Å². The van der Waals surface area contributed by atoms with Gasteiger partial charge in [0.2, 0.25) is 0 Å². The summed E-state index contributed by atoms with van der Waals surface area (Å²) in [7, 11) is 0. The standard InChI is InChI=1S/C32H21NO/c1-2-10-22(11-3-1)21-33-23-18-19-29-31(20-23)34-30-17-9-8-16-28(30)32(29)26-14-6-4-12-24(26)25-13-5-7-15-27(25)32/h1-21H. The van der Waals surface area contributed by atoms with Crippen LogP contribution in [0.15, 0.2) is 126 Å². The summed E-state index contributed by atoms with van der Waals surface area (Å²) in [5.41, 5.74) is 9.03. The van der Waals surface area contributed by atoms with Gasteiger partial charge in [-0.05, 0) is 39.9 Å². The van der Waals surface area contributed by atoms with Gasteiger partial charge in [-0.3, -0.25) is 4.99 Å². The molecule has 0 saturated carbocycles. The van der Waals surface area contributed by atoms with Gasteiger partial charge < -0.3 is 4.74 Å². The number of fused-ring (bicyclic) bond motifs is 9. The molecule has 0 atom stereocenters. The molecule has 0 unspecified atom stereocenters. The molecule has 0 bridgehead atoms. The average Bonchev–Trinajstić information content (AvgIpc) is 3.19. The van der Waals surface area contributed by atoms with Crippen LogP contribution in [0.5, 0.6) is 11.5 Å². The molecule has 0 amide bonds. The van der Waals surface area contributed by atoms with Gasteiger partial charge in [-0.1, -0.05) is 103 Å². The van der Waals surface area contributed by atoms with Crippen molar-refractivity contribution >= 4 is 11.9 Å². The Morgan fingerprint density at radius 1 is 0.529 bits per heavy atom. The molecule has 1 aliphatic carbocycles. The molecule has 0 radical (unpaired) electrons. The van der Waals surface area contributed by atoms with Crippen LogP contribution in [0, 0.1) is 0 Å². The van der Waals surface area contributed by atoms with Gasteiger partial charge in [-0.15, -0.1) is 0 Å². The third kappa shape index (κ3) is 2.60. The Labute approximate surface area is 198 Å². The Hall–Kier alpha value is -4.43. The number of nitrogens with zero attached hydrogens (tertiary/aromatic N) is 1. The van der Waals surface area contributed by atoms with Crippen molar-refractivity contribution in [1.82, 2.24) is 0 Å². The third-order valence-electron chi connectivity index (χ3n) is 6.99. The summed E-state index contributed by atoms with van der Waals surface area (Å²) in [6, 6.07) is 42.5. The number of hydrogen-bond donors (Lipinski definition) is 0. The lowest BCUT2D eigenvalue weighted by Gasteiger charge is -2.39. The third-order valence-corrected chi connectivity index (χ3v) is 6.99. The monoisotopic (exact) mass is 435 g/mol. The lowest BCUT2D eigenvalue weighted by molar-refractivity contribution is 0.436. The Morgan fingerprint density at radius 3 is 1.85 bits per heavy atom. The number of ether oxygens (including phenoxy) is 1. The summed E-state index contributed by atoms with van der Waals surface area (Å²) in [5, 5.41) is 0. The summed E-state index contributed by atoms with van der Waals surface area (Å²) < 4.78 is 6.51. The lowest BCUT2D eigenvalue weighted by atomic mass is 9.66. The Morgan fingerprint density at radius 2 is 1.12 bits per heavy atom. The molecule has 1 aliphatic heterocycles. The molecule has 34 heavy (non-hydrogen) atoms. The second-order valence-electron chi connectivity index (χ2n) is 8.79. The van der Waals surface area contributed by atoms with Crippen LogP contribution in [0.1, 0.15) is 27.8 Å². The maximum atomic E-state index is 6.51. The summed E-state index contributed by atoms with van der Waals surface area (Å²) in [6.45, 7) is 0. The molecule has 2 aliphatic rings. The molecule has 5 aromatic carbocycles. The van der Waals surface area contributed by atoms with E-state index >= 15 is 0 Å². The number of benzene rings is 5. The molecule has 2 heteroatoms. The molecule has 2 nitrogen and oxygen atoms in total. The van der Waals surface area contributed by atoms with Crippen molar-refractivity contribution in [3.63, 3.8) is 0 Å². The lowest BCUT2D eigenvalue weighted by Crippen LogP contribution is -2.32. The van der Waals surface area contributed by atoms with Crippen molar-refractivity contribution in [2.75, 3.05) is 0 Å². The summed E-state index contributed by atoms with van der Waals surface area (Å²) in [6.07, 6.45) is 1.90. The van der Waals surface area contributed by atoms with Crippen molar-refractivity contribution < 1.29 is 4.74 Å². The summed E-state index contributed by atoms with van der Waals surface area (Å²) >= 11 is 0. The molecule has 160 valence electrons. The van der Waals surface area contributed by atoms with E-state index in [4.69, 9.17) is 9.73 Å². The molecular formula is C32H21NO. The van der Waals surface area contributed by atoms with E-state index in [1.807, 2.05) is 30.5 Å². The van der Waals surface area contributed by atoms with E-state index in [-0.39, 0.29) is 0 Å². The first-order chi connectivity index (χ1) is 16.9. The van der Waals surface area contributed by atoms with E-state index in [1.165, 1.54) is 27.8 Å². The fourth-order valence-electron chi connectivity index (χ4n) is 5.62. The second-order valence-corrected chi connectivity index (χ2v) is 8.79. The van der Waals surface area contributed by atoms with Crippen LogP contribution in [-0.4, -0.2) is 6.21 Å². The minimum absolute atomic E-state index is 0.418. The first-order valence-corrected chi connectivity index (χ1v) is 11.6. The smallest absolute Gasteiger partial charge is 0.134 e. The molecule has 1 heterocycles. The van der Waals surface area contributed by atoms with Crippen molar-refractivity contribution in [3.8, 4) is 22.6 Å². The molecule has 0 saturated heterocycles. The van der Waals surface area contributed by atoms with Crippen molar-refractivity contribution in [2.24, 2.45) is 4.99 Å². The van der Waals surface area contributed by atoms with Crippen molar-refractivity contribution in [2.45, 2.75) is 5.41 Å². The minimum Gasteiger partial charge on any atom is -0.457 e. The summed E-state index contributed by atoms with van der Waals surface area (Å²) in [4.78, 5) is 4.74. The largest absolute Gasteiger partial charge is 0.457 e. The molecule has 5 aromatic rings. The van der Waals surface area contributed by atoms with Crippen LogP contribution in [0.25, 0.3) is 11.1 Å². The second kappa shape index (κ2) is 7.29. The Kier molecular flexibility index (Phi) is 4.09. The summed E-state index contributed by atoms with van der Waals surface area (Å²) in [5.74, 6) is 1.75. The fraction of sp³-hybridized carbons (Fsp3) is 0.0312. The van der Waals surface area contributed by atoms with Crippen LogP contribution in [0.4, 0.5) is 5.69 Å². The van der Waals surface area contributed by atoms with Gasteiger partial charge in [0.1, 0.15) is 11.5 Å². The minimum atomic E-state index is -0.418. The van der Waals surface area contributed by atoms with Crippen LogP contribution < -0.4 is 4.74 Å². The number of para-hydroxylation sites is 1. The molecule has 7 rings (SSSR count). The molecule has 0 fully saturated rings. The van der Waals surface area contributed by atoms with E-state index in [0.717, 1.165) is 28.3 Å². The maximum absolute atomic E-state index is 6.51. The molecule has 0 aromatic heterocycles. The quantitative estimate of drug-likeness (QED) is 0.253. The first-order valence-electron chi connectivity index (χ1n) is 11.6. The molecular weight excluding hydrogens is 414 g/mol. The predicted octanol–water partition coefficient (Wildman–Crippen LogP) is 7.91. The average molecular weight is 436 g/mol. The van der Waals surface area contributed by atoms with Gasteiger partial charge >= 0.3 is 0 Å². The Balaban J connectivity index is 1.49. The number of aliphatic imine (C=N–C) groups is 1. The zero-order valence-corrected chi connectivity index (χ0v) is 18.5. The van der Waals surface area contributed by atoms with Crippen LogP contribution in [0.3, 0.4) is 0 Å². The molecule has 0 N–H and O–H groups in total. The zero-order valence-electron chi connectivity index (χ0n) is 18.5.